The second-order valence-electron chi connectivity index (χ2n) is 6.47. The molecular formula is C19H28N2O3. The maximum atomic E-state index is 11.7. The normalized spacial score (nSPS) is 12.1. The number of para-hydroxylation sites is 1. The zero-order valence-corrected chi connectivity index (χ0v) is 15.0. The fraction of sp³-hybridized carbons (Fsp3) is 0.526. The first-order valence-electron chi connectivity index (χ1n) is 8.20. The minimum Gasteiger partial charge on any atom is -0.481 e. The molecule has 1 rings (SSSR count). The fourth-order valence-electron chi connectivity index (χ4n) is 2.05. The Morgan fingerprint density at radius 3 is 2.67 bits per heavy atom. The number of ether oxygens (including phenoxy) is 2. The van der Waals surface area contributed by atoms with Crippen LogP contribution in [0.5, 0.6) is 5.75 Å². The van der Waals surface area contributed by atoms with Crippen LogP contribution in [0.4, 0.5) is 4.79 Å². The molecule has 0 radical (unpaired) electrons. The number of hydrogen-bond donors (Lipinski definition) is 2. The molecule has 0 fully saturated rings. The van der Waals surface area contributed by atoms with Gasteiger partial charge in [0.25, 0.3) is 0 Å². The standard InChI is InChI=1S/C19H28N2O3/c1-6-12-23-17-11-9-8-10-15(17)13-20-16(7-2)14-21-18(22)24-19(3,4)5/h1,8-11,16,20H,7,12-14H2,2-5H3,(H,21,22). The highest BCUT2D eigenvalue weighted by atomic mass is 16.6. The summed E-state index contributed by atoms with van der Waals surface area (Å²) in [6, 6.07) is 7.90. The van der Waals surface area contributed by atoms with E-state index in [9.17, 15) is 4.79 Å². The van der Waals surface area contributed by atoms with E-state index in [2.05, 4.69) is 23.5 Å². The maximum Gasteiger partial charge on any atom is 0.407 e. The smallest absolute Gasteiger partial charge is 0.407 e. The molecule has 5 nitrogen and oxygen atoms in total. The number of nitrogens with one attached hydrogen (secondary N) is 2. The van der Waals surface area contributed by atoms with Crippen LogP contribution >= 0.6 is 0 Å². The molecule has 5 heteroatoms. The van der Waals surface area contributed by atoms with E-state index in [1.165, 1.54) is 0 Å². The molecule has 0 aliphatic heterocycles. The number of alkyl carbamates (subject to hydrolysis) is 1. The molecular weight excluding hydrogens is 304 g/mol. The van der Waals surface area contributed by atoms with Crippen molar-refractivity contribution in [3.63, 3.8) is 0 Å². The first-order chi connectivity index (χ1) is 11.4. The molecule has 0 aromatic heterocycles. The fourth-order valence-corrected chi connectivity index (χ4v) is 2.05. The Morgan fingerprint density at radius 1 is 1.33 bits per heavy atom. The second kappa shape index (κ2) is 9.84. The summed E-state index contributed by atoms with van der Waals surface area (Å²) in [7, 11) is 0. The average Bonchev–Trinajstić information content (AvgIpc) is 2.52. The summed E-state index contributed by atoms with van der Waals surface area (Å²) in [5.74, 6) is 3.24. The Balaban J connectivity index is 2.49. The van der Waals surface area contributed by atoms with Crippen molar-refractivity contribution in [2.24, 2.45) is 0 Å². The van der Waals surface area contributed by atoms with Crippen LogP contribution in [-0.2, 0) is 11.3 Å². The van der Waals surface area contributed by atoms with Crippen LogP contribution in [0.15, 0.2) is 24.3 Å². The molecule has 0 aliphatic carbocycles. The summed E-state index contributed by atoms with van der Waals surface area (Å²) in [6.07, 6.45) is 5.71. The first kappa shape index (κ1) is 19.9. The SMILES string of the molecule is C#CCOc1ccccc1CNC(CC)CNC(=O)OC(C)(C)C. The average molecular weight is 332 g/mol. The van der Waals surface area contributed by atoms with Crippen molar-refractivity contribution < 1.29 is 14.3 Å². The van der Waals surface area contributed by atoms with Crippen molar-refractivity contribution >= 4 is 6.09 Å². The van der Waals surface area contributed by atoms with Crippen molar-refractivity contribution in [3.8, 4) is 18.1 Å². The van der Waals surface area contributed by atoms with Crippen LogP contribution in [0.1, 0.15) is 39.7 Å². The molecule has 0 saturated heterocycles. The number of terminal acetylenes is 1. The van der Waals surface area contributed by atoms with Gasteiger partial charge in [0.05, 0.1) is 0 Å². The van der Waals surface area contributed by atoms with Gasteiger partial charge in [-0.1, -0.05) is 31.0 Å². The lowest BCUT2D eigenvalue weighted by Gasteiger charge is -2.22. The molecule has 132 valence electrons. The molecule has 1 amide bonds. The highest BCUT2D eigenvalue weighted by Crippen LogP contribution is 2.17. The molecule has 1 aromatic carbocycles. The van der Waals surface area contributed by atoms with Gasteiger partial charge in [-0.2, -0.15) is 0 Å². The molecule has 24 heavy (non-hydrogen) atoms. The van der Waals surface area contributed by atoms with Crippen LogP contribution in [0.3, 0.4) is 0 Å². The van der Waals surface area contributed by atoms with E-state index in [4.69, 9.17) is 15.9 Å². The van der Waals surface area contributed by atoms with Gasteiger partial charge in [-0.25, -0.2) is 4.79 Å². The van der Waals surface area contributed by atoms with Gasteiger partial charge < -0.3 is 20.1 Å². The summed E-state index contributed by atoms with van der Waals surface area (Å²) in [5.41, 5.74) is 0.537. The number of amides is 1. The number of benzene rings is 1. The highest BCUT2D eigenvalue weighted by molar-refractivity contribution is 5.67. The molecule has 1 aromatic rings. The van der Waals surface area contributed by atoms with Gasteiger partial charge in [0.2, 0.25) is 0 Å². The summed E-state index contributed by atoms with van der Waals surface area (Å²) in [6.45, 7) is 8.97. The van der Waals surface area contributed by atoms with Crippen molar-refractivity contribution in [1.82, 2.24) is 10.6 Å². The quantitative estimate of drug-likeness (QED) is 0.718. The van der Waals surface area contributed by atoms with Gasteiger partial charge >= 0.3 is 6.09 Å². The summed E-state index contributed by atoms with van der Waals surface area (Å²) < 4.78 is 10.8. The van der Waals surface area contributed by atoms with E-state index in [0.29, 0.717) is 13.1 Å². The first-order valence-corrected chi connectivity index (χ1v) is 8.20. The van der Waals surface area contributed by atoms with Gasteiger partial charge in [0.1, 0.15) is 18.0 Å². The zero-order valence-electron chi connectivity index (χ0n) is 15.0. The van der Waals surface area contributed by atoms with E-state index in [1.807, 2.05) is 45.0 Å². The Kier molecular flexibility index (Phi) is 8.14. The Morgan fingerprint density at radius 2 is 2.04 bits per heavy atom. The van der Waals surface area contributed by atoms with Crippen molar-refractivity contribution in [1.29, 1.82) is 0 Å². The number of carbonyl (C=O) groups excluding carboxylic acids is 1. The van der Waals surface area contributed by atoms with E-state index in [1.54, 1.807) is 0 Å². The lowest BCUT2D eigenvalue weighted by Crippen LogP contribution is -2.42. The third-order valence-electron chi connectivity index (χ3n) is 3.25. The topological polar surface area (TPSA) is 59.6 Å². The van der Waals surface area contributed by atoms with Crippen molar-refractivity contribution in [2.45, 2.75) is 52.3 Å². The molecule has 0 aliphatic rings. The molecule has 0 bridgehead atoms. The Labute approximate surface area is 145 Å². The highest BCUT2D eigenvalue weighted by Gasteiger charge is 2.17. The van der Waals surface area contributed by atoms with Crippen LogP contribution in [0.25, 0.3) is 0 Å². The molecule has 1 unspecified atom stereocenters. The summed E-state index contributed by atoms with van der Waals surface area (Å²) >= 11 is 0. The predicted molar refractivity (Wildman–Crippen MR) is 95.9 cm³/mol. The number of rotatable bonds is 8. The van der Waals surface area contributed by atoms with E-state index in [-0.39, 0.29) is 12.6 Å². The van der Waals surface area contributed by atoms with Gasteiger partial charge in [0, 0.05) is 24.7 Å². The van der Waals surface area contributed by atoms with E-state index < -0.39 is 11.7 Å². The van der Waals surface area contributed by atoms with Crippen LogP contribution in [-0.4, -0.2) is 30.9 Å². The zero-order chi connectivity index (χ0) is 18.0. The molecule has 0 spiro atoms. The minimum absolute atomic E-state index is 0.137. The number of hydrogen-bond acceptors (Lipinski definition) is 4. The maximum absolute atomic E-state index is 11.7. The summed E-state index contributed by atoms with van der Waals surface area (Å²) in [5, 5.41) is 6.21. The van der Waals surface area contributed by atoms with Gasteiger partial charge in [0.15, 0.2) is 0 Å². The van der Waals surface area contributed by atoms with Crippen LogP contribution < -0.4 is 15.4 Å². The van der Waals surface area contributed by atoms with E-state index in [0.717, 1.165) is 17.7 Å². The largest absolute Gasteiger partial charge is 0.481 e. The van der Waals surface area contributed by atoms with Gasteiger partial charge in [-0.3, -0.25) is 0 Å². The van der Waals surface area contributed by atoms with Crippen LogP contribution in [0.2, 0.25) is 0 Å². The van der Waals surface area contributed by atoms with Crippen molar-refractivity contribution in [2.75, 3.05) is 13.2 Å². The number of carbonyl (C=O) groups is 1. The third-order valence-corrected chi connectivity index (χ3v) is 3.25. The predicted octanol–water partition coefficient (Wildman–Crippen LogP) is 3.09. The Hall–Kier alpha value is -2.19. The van der Waals surface area contributed by atoms with Gasteiger partial charge in [-0.15, -0.1) is 6.42 Å². The van der Waals surface area contributed by atoms with E-state index >= 15 is 0 Å². The minimum atomic E-state index is -0.494. The summed E-state index contributed by atoms with van der Waals surface area (Å²) in [4.78, 5) is 11.7. The second-order valence-corrected chi connectivity index (χ2v) is 6.47. The molecule has 1 atom stereocenters. The lowest BCUT2D eigenvalue weighted by atomic mass is 10.1. The Bertz CT molecular complexity index is 558. The van der Waals surface area contributed by atoms with Crippen LogP contribution in [0, 0.1) is 12.3 Å². The monoisotopic (exact) mass is 332 g/mol. The molecule has 2 N–H and O–H groups in total. The molecule has 0 saturated carbocycles. The van der Waals surface area contributed by atoms with Crippen molar-refractivity contribution in [3.05, 3.63) is 29.8 Å². The molecule has 0 heterocycles. The van der Waals surface area contributed by atoms with Gasteiger partial charge in [-0.05, 0) is 33.3 Å². The third kappa shape index (κ3) is 7.89. The lowest BCUT2D eigenvalue weighted by molar-refractivity contribution is 0.0522.